The van der Waals surface area contributed by atoms with Crippen LogP contribution in [0.3, 0.4) is 0 Å². The lowest BCUT2D eigenvalue weighted by atomic mass is 10.1. The van der Waals surface area contributed by atoms with E-state index >= 15 is 0 Å². The van der Waals surface area contributed by atoms with Crippen LogP contribution in [0.1, 0.15) is 24.8 Å². The molecule has 2 aromatic carbocycles. The van der Waals surface area contributed by atoms with E-state index in [1.807, 2.05) is 12.1 Å². The fraction of sp³-hybridized carbons (Fsp3) is 0.267. The van der Waals surface area contributed by atoms with E-state index in [-0.39, 0.29) is 0 Å². The molecule has 1 aliphatic rings. The lowest BCUT2D eigenvalue weighted by molar-refractivity contribution is 0.452. The Bertz CT molecular complexity index is 658. The van der Waals surface area contributed by atoms with Gasteiger partial charge in [0.15, 0.2) is 5.58 Å². The predicted molar refractivity (Wildman–Crippen MR) is 71.5 cm³/mol. The molecule has 1 aliphatic heterocycles. The van der Waals surface area contributed by atoms with Crippen LogP contribution in [0.15, 0.2) is 40.8 Å². The highest BCUT2D eigenvalue weighted by Crippen LogP contribution is 2.28. The fourth-order valence-corrected chi connectivity index (χ4v) is 2.68. The van der Waals surface area contributed by atoms with E-state index in [9.17, 15) is 0 Å². The van der Waals surface area contributed by atoms with E-state index in [4.69, 9.17) is 4.42 Å². The molecule has 0 radical (unpaired) electrons. The van der Waals surface area contributed by atoms with E-state index in [2.05, 4.69) is 34.6 Å². The summed E-state index contributed by atoms with van der Waals surface area (Å²) in [6, 6.07) is 12.8. The van der Waals surface area contributed by atoms with Gasteiger partial charge in [0.25, 0.3) is 0 Å². The molecule has 1 aromatic heterocycles. The highest BCUT2D eigenvalue weighted by Gasteiger charge is 2.21. The number of oxazole rings is 1. The van der Waals surface area contributed by atoms with Crippen LogP contribution in [0.2, 0.25) is 0 Å². The molecule has 3 heteroatoms. The predicted octanol–water partition coefficient (Wildman–Crippen LogP) is 3.41. The van der Waals surface area contributed by atoms with E-state index < -0.39 is 0 Å². The van der Waals surface area contributed by atoms with Crippen molar-refractivity contribution in [2.45, 2.75) is 18.9 Å². The van der Waals surface area contributed by atoms with Crippen LogP contribution in [-0.4, -0.2) is 11.5 Å². The number of rotatable bonds is 1. The van der Waals surface area contributed by atoms with Gasteiger partial charge in [-0.05, 0) is 42.3 Å². The molecule has 0 aliphatic carbocycles. The Balaban J connectivity index is 1.90. The van der Waals surface area contributed by atoms with Crippen LogP contribution >= 0.6 is 0 Å². The van der Waals surface area contributed by atoms with Crippen LogP contribution in [-0.2, 0) is 0 Å². The molecule has 0 bridgehead atoms. The fourth-order valence-electron chi connectivity index (χ4n) is 2.68. The van der Waals surface area contributed by atoms with Gasteiger partial charge in [-0.15, -0.1) is 0 Å². The number of nitrogens with zero attached hydrogens (tertiary/aromatic N) is 1. The third-order valence-electron chi connectivity index (χ3n) is 3.63. The third kappa shape index (κ3) is 1.51. The molecule has 0 amide bonds. The first kappa shape index (κ1) is 10.1. The van der Waals surface area contributed by atoms with Crippen molar-refractivity contribution in [1.29, 1.82) is 0 Å². The molecule has 0 spiro atoms. The molecule has 90 valence electrons. The Kier molecular flexibility index (Phi) is 2.14. The van der Waals surface area contributed by atoms with Crippen molar-refractivity contribution in [2.75, 3.05) is 6.54 Å². The largest absolute Gasteiger partial charge is 0.439 e. The molecular formula is C15H14N2O. The number of aromatic nitrogens is 1. The molecule has 1 N–H and O–H groups in total. The minimum atomic E-state index is 0.292. The van der Waals surface area contributed by atoms with Gasteiger partial charge in [0.05, 0.1) is 6.04 Å². The second-order valence-corrected chi connectivity index (χ2v) is 4.87. The second-order valence-electron chi connectivity index (χ2n) is 4.87. The van der Waals surface area contributed by atoms with Crippen molar-refractivity contribution in [2.24, 2.45) is 0 Å². The topological polar surface area (TPSA) is 38.1 Å². The zero-order valence-electron chi connectivity index (χ0n) is 10.0. The van der Waals surface area contributed by atoms with Gasteiger partial charge in [-0.3, -0.25) is 0 Å². The maximum atomic E-state index is 5.89. The van der Waals surface area contributed by atoms with E-state index in [1.165, 1.54) is 17.2 Å². The molecule has 0 unspecified atom stereocenters. The maximum Gasteiger partial charge on any atom is 0.212 e. The number of fused-ring (bicyclic) bond motifs is 2. The molecule has 3 aromatic rings. The van der Waals surface area contributed by atoms with Crippen LogP contribution in [0.5, 0.6) is 0 Å². The molecule has 1 atom stereocenters. The maximum absolute atomic E-state index is 5.89. The summed E-state index contributed by atoms with van der Waals surface area (Å²) in [5.41, 5.74) is 1.84. The van der Waals surface area contributed by atoms with Crippen molar-refractivity contribution in [3.63, 3.8) is 0 Å². The van der Waals surface area contributed by atoms with Gasteiger partial charge in [0, 0.05) is 0 Å². The molecule has 0 saturated carbocycles. The van der Waals surface area contributed by atoms with E-state index in [1.54, 1.807) is 0 Å². The molecule has 18 heavy (non-hydrogen) atoms. The van der Waals surface area contributed by atoms with Crippen LogP contribution in [0, 0.1) is 0 Å². The SMILES string of the molecule is c1ccc2cc3oc([C@@H]4CCCN4)nc3cc2c1. The van der Waals surface area contributed by atoms with Gasteiger partial charge in [0.1, 0.15) is 5.52 Å². The molecule has 2 heterocycles. The van der Waals surface area contributed by atoms with Crippen LogP contribution < -0.4 is 5.32 Å². The van der Waals surface area contributed by atoms with Crippen molar-refractivity contribution < 1.29 is 4.42 Å². The van der Waals surface area contributed by atoms with Gasteiger partial charge < -0.3 is 9.73 Å². The third-order valence-corrected chi connectivity index (χ3v) is 3.63. The minimum absolute atomic E-state index is 0.292. The zero-order valence-corrected chi connectivity index (χ0v) is 10.0. The average Bonchev–Trinajstić information content (AvgIpc) is 3.04. The van der Waals surface area contributed by atoms with Gasteiger partial charge >= 0.3 is 0 Å². The van der Waals surface area contributed by atoms with Crippen molar-refractivity contribution in [1.82, 2.24) is 10.3 Å². The zero-order chi connectivity index (χ0) is 11.9. The molecule has 4 rings (SSSR count). The Labute approximate surface area is 105 Å². The normalized spacial score (nSPS) is 19.9. The molecule has 1 saturated heterocycles. The Morgan fingerprint density at radius 2 is 2.00 bits per heavy atom. The lowest BCUT2D eigenvalue weighted by Gasteiger charge is -2.02. The van der Waals surface area contributed by atoms with E-state index in [0.29, 0.717) is 6.04 Å². The number of benzene rings is 2. The van der Waals surface area contributed by atoms with Crippen molar-refractivity contribution in [3.8, 4) is 0 Å². The summed E-state index contributed by atoms with van der Waals surface area (Å²) >= 11 is 0. The van der Waals surface area contributed by atoms with Gasteiger partial charge in [-0.1, -0.05) is 24.3 Å². The van der Waals surface area contributed by atoms with Crippen molar-refractivity contribution >= 4 is 21.9 Å². The molecular weight excluding hydrogens is 224 g/mol. The Morgan fingerprint density at radius 1 is 1.17 bits per heavy atom. The van der Waals surface area contributed by atoms with Crippen LogP contribution in [0.25, 0.3) is 21.9 Å². The molecule has 1 fully saturated rings. The summed E-state index contributed by atoms with van der Waals surface area (Å²) < 4.78 is 5.89. The summed E-state index contributed by atoms with van der Waals surface area (Å²) in [4.78, 5) is 4.62. The summed E-state index contributed by atoms with van der Waals surface area (Å²) in [6.07, 6.45) is 2.32. The number of hydrogen-bond donors (Lipinski definition) is 1. The Morgan fingerprint density at radius 3 is 2.78 bits per heavy atom. The molecule has 3 nitrogen and oxygen atoms in total. The van der Waals surface area contributed by atoms with Gasteiger partial charge in [0.2, 0.25) is 5.89 Å². The minimum Gasteiger partial charge on any atom is -0.439 e. The quantitative estimate of drug-likeness (QED) is 0.706. The number of nitrogens with one attached hydrogen (secondary N) is 1. The van der Waals surface area contributed by atoms with Crippen LogP contribution in [0.4, 0.5) is 0 Å². The monoisotopic (exact) mass is 238 g/mol. The smallest absolute Gasteiger partial charge is 0.212 e. The second kappa shape index (κ2) is 3.82. The highest BCUT2D eigenvalue weighted by molar-refractivity contribution is 5.94. The Hall–Kier alpha value is -1.87. The summed E-state index contributed by atoms with van der Waals surface area (Å²) in [5.74, 6) is 0.831. The first-order chi connectivity index (χ1) is 8.90. The number of hydrogen-bond acceptors (Lipinski definition) is 3. The summed E-state index contributed by atoms with van der Waals surface area (Å²) in [5, 5.41) is 5.83. The average molecular weight is 238 g/mol. The van der Waals surface area contributed by atoms with Gasteiger partial charge in [-0.2, -0.15) is 0 Å². The highest BCUT2D eigenvalue weighted by atomic mass is 16.3. The lowest BCUT2D eigenvalue weighted by Crippen LogP contribution is -2.12. The summed E-state index contributed by atoms with van der Waals surface area (Å²) in [6.45, 7) is 1.06. The first-order valence-electron chi connectivity index (χ1n) is 6.43. The first-order valence-corrected chi connectivity index (χ1v) is 6.43. The standard InChI is InChI=1S/C15H14N2O/c1-2-5-11-9-14-13(8-10(11)4-1)17-15(18-14)12-6-3-7-16-12/h1-2,4-5,8-9,12,16H,3,6-7H2/t12-/m0/s1. The van der Waals surface area contributed by atoms with Gasteiger partial charge in [-0.25, -0.2) is 4.98 Å². The van der Waals surface area contributed by atoms with Crippen molar-refractivity contribution in [3.05, 3.63) is 42.3 Å². The summed E-state index contributed by atoms with van der Waals surface area (Å²) in [7, 11) is 0. The van der Waals surface area contributed by atoms with E-state index in [0.717, 1.165) is 30.0 Å².